The molecular weight excluding hydrogens is 208 g/mol. The quantitative estimate of drug-likeness (QED) is 0.412. The van der Waals surface area contributed by atoms with E-state index in [-0.39, 0.29) is 12.1 Å². The van der Waals surface area contributed by atoms with Gasteiger partial charge in [-0.1, -0.05) is 0 Å². The van der Waals surface area contributed by atoms with Crippen LogP contribution in [0.3, 0.4) is 0 Å². The average Bonchev–Trinajstić information content (AvgIpc) is 2.70. The lowest BCUT2D eigenvalue weighted by molar-refractivity contribution is 0.0572. The summed E-state index contributed by atoms with van der Waals surface area (Å²) in [4.78, 5) is 4.32. The molecule has 16 heavy (non-hydrogen) atoms. The molecule has 6 N–H and O–H groups in total. The first-order chi connectivity index (χ1) is 7.56. The standard InChI is InChI=1S/C10H22N4O2/c11-7-3-13(4-8(7)12)1-2-14-5-9(15)10(16)6-14/h7-10,15-16H,1-6,11-12H2/t7-,8-,9+,10+/m1/s1. The molecule has 0 amide bonds. The molecule has 0 aromatic heterocycles. The number of aliphatic hydroxyl groups is 2. The van der Waals surface area contributed by atoms with Crippen LogP contribution in [0.2, 0.25) is 0 Å². The minimum absolute atomic E-state index is 0.0785. The molecule has 0 aliphatic carbocycles. The summed E-state index contributed by atoms with van der Waals surface area (Å²) < 4.78 is 0. The SMILES string of the molecule is N[C@@H]1CN(CCN2C[C@H](O)[C@@H](O)C2)C[C@H]1N. The number of hydrogen-bond donors (Lipinski definition) is 4. The van der Waals surface area contributed by atoms with E-state index < -0.39 is 12.2 Å². The highest BCUT2D eigenvalue weighted by Crippen LogP contribution is 2.11. The molecular formula is C10H22N4O2. The fourth-order valence-electron chi connectivity index (χ4n) is 2.44. The molecule has 4 atom stereocenters. The Morgan fingerprint density at radius 2 is 1.19 bits per heavy atom. The molecule has 6 nitrogen and oxygen atoms in total. The summed E-state index contributed by atoms with van der Waals surface area (Å²) in [5.41, 5.74) is 11.7. The second-order valence-corrected chi connectivity index (χ2v) is 4.98. The fourth-order valence-corrected chi connectivity index (χ4v) is 2.44. The van der Waals surface area contributed by atoms with Crippen LogP contribution in [-0.2, 0) is 0 Å². The number of β-amino-alcohol motifs (C(OH)–C–C–N with tert-alkyl or cyclic N) is 2. The van der Waals surface area contributed by atoms with Gasteiger partial charge in [-0.15, -0.1) is 0 Å². The summed E-state index contributed by atoms with van der Waals surface area (Å²) in [7, 11) is 0. The maximum atomic E-state index is 9.40. The summed E-state index contributed by atoms with van der Waals surface area (Å²) in [5, 5.41) is 18.8. The number of rotatable bonds is 3. The highest BCUT2D eigenvalue weighted by atomic mass is 16.3. The van der Waals surface area contributed by atoms with Crippen molar-refractivity contribution in [3.63, 3.8) is 0 Å². The molecule has 0 radical (unpaired) electrons. The first-order valence-electron chi connectivity index (χ1n) is 5.88. The third-order valence-corrected chi connectivity index (χ3v) is 3.56. The second kappa shape index (κ2) is 4.95. The summed E-state index contributed by atoms with van der Waals surface area (Å²) >= 11 is 0. The van der Waals surface area contributed by atoms with Crippen molar-refractivity contribution in [2.45, 2.75) is 24.3 Å². The average molecular weight is 230 g/mol. The predicted molar refractivity (Wildman–Crippen MR) is 60.8 cm³/mol. The van der Waals surface area contributed by atoms with Gasteiger partial charge in [0.25, 0.3) is 0 Å². The van der Waals surface area contributed by atoms with Crippen LogP contribution in [0.25, 0.3) is 0 Å². The largest absolute Gasteiger partial charge is 0.389 e. The Morgan fingerprint density at radius 3 is 1.62 bits per heavy atom. The van der Waals surface area contributed by atoms with Gasteiger partial charge in [0.1, 0.15) is 0 Å². The van der Waals surface area contributed by atoms with Crippen molar-refractivity contribution in [1.29, 1.82) is 0 Å². The molecule has 2 heterocycles. The Kier molecular flexibility index (Phi) is 3.78. The van der Waals surface area contributed by atoms with E-state index in [1.54, 1.807) is 0 Å². The monoisotopic (exact) mass is 230 g/mol. The van der Waals surface area contributed by atoms with Crippen LogP contribution in [0.1, 0.15) is 0 Å². The van der Waals surface area contributed by atoms with Gasteiger partial charge in [0.15, 0.2) is 0 Å². The third kappa shape index (κ3) is 2.71. The van der Waals surface area contributed by atoms with E-state index in [0.717, 1.165) is 26.2 Å². The van der Waals surface area contributed by atoms with Gasteiger partial charge < -0.3 is 21.7 Å². The molecule has 6 heteroatoms. The van der Waals surface area contributed by atoms with Gasteiger partial charge in [0.05, 0.1) is 12.2 Å². The Bertz CT molecular complexity index is 197. The minimum Gasteiger partial charge on any atom is -0.389 e. The van der Waals surface area contributed by atoms with E-state index >= 15 is 0 Å². The number of aliphatic hydroxyl groups excluding tert-OH is 2. The van der Waals surface area contributed by atoms with Gasteiger partial charge in [0, 0.05) is 51.4 Å². The molecule has 0 saturated carbocycles. The molecule has 0 unspecified atom stereocenters. The lowest BCUT2D eigenvalue weighted by atomic mass is 10.2. The maximum absolute atomic E-state index is 9.40. The summed E-state index contributed by atoms with van der Waals surface area (Å²) in [6.45, 7) is 4.58. The third-order valence-electron chi connectivity index (χ3n) is 3.56. The van der Waals surface area contributed by atoms with E-state index in [1.165, 1.54) is 0 Å². The van der Waals surface area contributed by atoms with E-state index in [9.17, 15) is 10.2 Å². The predicted octanol–water partition coefficient (Wildman–Crippen LogP) is -3.01. The zero-order chi connectivity index (χ0) is 11.7. The fraction of sp³-hybridized carbons (Fsp3) is 1.00. The van der Waals surface area contributed by atoms with Crippen LogP contribution in [0.5, 0.6) is 0 Å². The lowest BCUT2D eigenvalue weighted by Crippen LogP contribution is -2.39. The molecule has 2 aliphatic heterocycles. The highest BCUT2D eigenvalue weighted by molar-refractivity contribution is 4.90. The van der Waals surface area contributed by atoms with E-state index in [2.05, 4.69) is 9.80 Å². The zero-order valence-electron chi connectivity index (χ0n) is 9.50. The Labute approximate surface area is 95.8 Å². The van der Waals surface area contributed by atoms with Gasteiger partial charge in [-0.05, 0) is 0 Å². The molecule has 2 saturated heterocycles. The summed E-state index contributed by atoms with van der Waals surface area (Å²) in [6, 6.07) is 0.157. The van der Waals surface area contributed by atoms with Crippen molar-refractivity contribution >= 4 is 0 Å². The summed E-state index contributed by atoms with van der Waals surface area (Å²) in [5.74, 6) is 0. The lowest BCUT2D eigenvalue weighted by Gasteiger charge is -2.20. The van der Waals surface area contributed by atoms with Crippen LogP contribution in [-0.4, -0.2) is 83.6 Å². The van der Waals surface area contributed by atoms with Crippen LogP contribution in [0.15, 0.2) is 0 Å². The molecule has 0 aromatic rings. The van der Waals surface area contributed by atoms with Crippen LogP contribution in [0, 0.1) is 0 Å². The molecule has 2 fully saturated rings. The van der Waals surface area contributed by atoms with E-state index in [0.29, 0.717) is 13.1 Å². The van der Waals surface area contributed by atoms with E-state index in [4.69, 9.17) is 11.5 Å². The second-order valence-electron chi connectivity index (χ2n) is 4.98. The van der Waals surface area contributed by atoms with E-state index in [1.807, 2.05) is 0 Å². The molecule has 0 spiro atoms. The Balaban J connectivity index is 1.69. The van der Waals surface area contributed by atoms with Crippen molar-refractivity contribution < 1.29 is 10.2 Å². The van der Waals surface area contributed by atoms with Gasteiger partial charge in [-0.25, -0.2) is 0 Å². The van der Waals surface area contributed by atoms with Crippen molar-refractivity contribution in [2.75, 3.05) is 39.3 Å². The normalized spacial score (nSPS) is 42.0. The van der Waals surface area contributed by atoms with Crippen LogP contribution < -0.4 is 11.5 Å². The zero-order valence-corrected chi connectivity index (χ0v) is 9.50. The van der Waals surface area contributed by atoms with Gasteiger partial charge in [0.2, 0.25) is 0 Å². The van der Waals surface area contributed by atoms with Crippen molar-refractivity contribution in [3.8, 4) is 0 Å². The molecule has 2 aliphatic rings. The topological polar surface area (TPSA) is 99.0 Å². The van der Waals surface area contributed by atoms with Gasteiger partial charge in [-0.2, -0.15) is 0 Å². The highest BCUT2D eigenvalue weighted by Gasteiger charge is 2.31. The number of nitrogens with zero attached hydrogens (tertiary/aromatic N) is 2. The van der Waals surface area contributed by atoms with Crippen molar-refractivity contribution in [2.24, 2.45) is 11.5 Å². The van der Waals surface area contributed by atoms with Crippen molar-refractivity contribution in [3.05, 3.63) is 0 Å². The molecule has 2 rings (SSSR count). The smallest absolute Gasteiger partial charge is 0.0938 e. The Morgan fingerprint density at radius 1 is 0.812 bits per heavy atom. The number of hydrogen-bond acceptors (Lipinski definition) is 6. The molecule has 94 valence electrons. The Hall–Kier alpha value is -0.240. The van der Waals surface area contributed by atoms with Crippen LogP contribution in [0.4, 0.5) is 0 Å². The summed E-state index contributed by atoms with van der Waals surface area (Å²) in [6.07, 6.45) is -1.19. The molecule has 0 aromatic carbocycles. The number of nitrogens with two attached hydrogens (primary N) is 2. The van der Waals surface area contributed by atoms with Crippen LogP contribution >= 0.6 is 0 Å². The van der Waals surface area contributed by atoms with Crippen molar-refractivity contribution in [1.82, 2.24) is 9.80 Å². The maximum Gasteiger partial charge on any atom is 0.0938 e. The van der Waals surface area contributed by atoms with Gasteiger partial charge in [-0.3, -0.25) is 9.80 Å². The minimum atomic E-state index is -0.594. The van der Waals surface area contributed by atoms with Gasteiger partial charge >= 0.3 is 0 Å². The number of likely N-dealkylation sites (tertiary alicyclic amines) is 2. The first kappa shape index (κ1) is 12.2. The first-order valence-corrected chi connectivity index (χ1v) is 5.88. The molecule has 0 bridgehead atoms.